The smallest absolute Gasteiger partial charge is 0.412 e. The van der Waals surface area contributed by atoms with Crippen LogP contribution in [-0.4, -0.2) is 30.2 Å². The molecular formula is C26H30N4O2. The second-order valence-corrected chi connectivity index (χ2v) is 8.47. The molecule has 1 fully saturated rings. The van der Waals surface area contributed by atoms with Gasteiger partial charge in [-0.3, -0.25) is 10.3 Å². The molecule has 0 spiro atoms. The van der Waals surface area contributed by atoms with Crippen molar-refractivity contribution in [1.29, 1.82) is 0 Å². The average Bonchev–Trinajstić information content (AvgIpc) is 2.78. The molecule has 32 heavy (non-hydrogen) atoms. The van der Waals surface area contributed by atoms with Crippen molar-refractivity contribution in [2.45, 2.75) is 39.3 Å². The van der Waals surface area contributed by atoms with Crippen LogP contribution in [0.1, 0.15) is 29.5 Å². The van der Waals surface area contributed by atoms with E-state index in [1.54, 1.807) is 6.20 Å². The topological polar surface area (TPSA) is 80.5 Å². The molecular weight excluding hydrogens is 400 g/mol. The number of nitrogens with zero attached hydrogens (tertiary/aromatic N) is 2. The fourth-order valence-corrected chi connectivity index (χ4v) is 4.22. The SMILES string of the molecule is Cc1cc(C)cc(-c2cncc(NC(=O)OCc3ccccc3)c2N2CCC(N)CC2)c1. The van der Waals surface area contributed by atoms with E-state index in [0.29, 0.717) is 5.69 Å². The van der Waals surface area contributed by atoms with E-state index >= 15 is 0 Å². The Labute approximate surface area is 189 Å². The molecule has 3 N–H and O–H groups in total. The lowest BCUT2D eigenvalue weighted by molar-refractivity contribution is 0.155. The summed E-state index contributed by atoms with van der Waals surface area (Å²) in [6, 6.07) is 16.3. The van der Waals surface area contributed by atoms with Gasteiger partial charge in [-0.1, -0.05) is 59.7 Å². The van der Waals surface area contributed by atoms with Crippen LogP contribution in [0, 0.1) is 13.8 Å². The number of anilines is 2. The van der Waals surface area contributed by atoms with Crippen molar-refractivity contribution >= 4 is 17.5 Å². The predicted molar refractivity (Wildman–Crippen MR) is 129 cm³/mol. The molecule has 1 saturated heterocycles. The monoisotopic (exact) mass is 430 g/mol. The Morgan fingerprint density at radius 3 is 2.47 bits per heavy atom. The third-order valence-electron chi connectivity index (χ3n) is 5.76. The van der Waals surface area contributed by atoms with Crippen LogP contribution < -0.4 is 16.0 Å². The molecule has 0 bridgehead atoms. The van der Waals surface area contributed by atoms with Crippen LogP contribution in [-0.2, 0) is 11.3 Å². The van der Waals surface area contributed by atoms with Crippen LogP contribution in [0.25, 0.3) is 11.1 Å². The van der Waals surface area contributed by atoms with Gasteiger partial charge in [0.25, 0.3) is 0 Å². The third-order valence-corrected chi connectivity index (χ3v) is 5.76. The summed E-state index contributed by atoms with van der Waals surface area (Å²) < 4.78 is 5.46. The first kappa shape index (κ1) is 21.8. The number of aromatic nitrogens is 1. The second kappa shape index (κ2) is 9.83. The average molecular weight is 431 g/mol. The Hall–Kier alpha value is -3.38. The van der Waals surface area contributed by atoms with E-state index < -0.39 is 6.09 Å². The van der Waals surface area contributed by atoms with E-state index in [0.717, 1.165) is 48.3 Å². The summed E-state index contributed by atoms with van der Waals surface area (Å²) in [5.41, 5.74) is 13.2. The van der Waals surface area contributed by atoms with Crippen LogP contribution in [0.2, 0.25) is 0 Å². The number of hydrogen-bond donors (Lipinski definition) is 2. The molecule has 0 saturated carbocycles. The van der Waals surface area contributed by atoms with E-state index in [1.807, 2.05) is 36.5 Å². The zero-order valence-electron chi connectivity index (χ0n) is 18.7. The number of carbonyl (C=O) groups is 1. The van der Waals surface area contributed by atoms with Crippen molar-refractivity contribution in [2.75, 3.05) is 23.3 Å². The van der Waals surface area contributed by atoms with E-state index in [2.05, 4.69) is 47.2 Å². The summed E-state index contributed by atoms with van der Waals surface area (Å²) >= 11 is 0. The standard InChI is InChI=1S/C26H30N4O2/c1-18-12-19(2)14-21(13-18)23-15-28-16-24(25(23)30-10-8-22(27)9-11-30)29-26(31)32-17-20-6-4-3-5-7-20/h3-7,12-16,22H,8-11,17,27H2,1-2H3,(H,29,31). The van der Waals surface area contributed by atoms with Crippen LogP contribution >= 0.6 is 0 Å². The van der Waals surface area contributed by atoms with Crippen LogP contribution in [0.3, 0.4) is 0 Å². The number of ether oxygens (including phenoxy) is 1. The van der Waals surface area contributed by atoms with Gasteiger partial charge in [-0.05, 0) is 37.8 Å². The molecule has 1 aliphatic rings. The number of nitrogens with two attached hydrogens (primary N) is 1. The highest BCUT2D eigenvalue weighted by atomic mass is 16.5. The number of nitrogens with one attached hydrogen (secondary N) is 1. The van der Waals surface area contributed by atoms with Gasteiger partial charge in [-0.25, -0.2) is 4.79 Å². The van der Waals surface area contributed by atoms with Gasteiger partial charge in [0.15, 0.2) is 0 Å². The fraction of sp³-hybridized carbons (Fsp3) is 0.308. The first-order chi connectivity index (χ1) is 15.5. The van der Waals surface area contributed by atoms with Gasteiger partial charge < -0.3 is 15.4 Å². The second-order valence-electron chi connectivity index (χ2n) is 8.47. The molecule has 6 heteroatoms. The highest BCUT2D eigenvalue weighted by Crippen LogP contribution is 2.38. The number of carbonyl (C=O) groups excluding carboxylic acids is 1. The number of piperidine rings is 1. The Bertz CT molecular complexity index is 1060. The molecule has 1 aliphatic heterocycles. The lowest BCUT2D eigenvalue weighted by Gasteiger charge is -2.34. The molecule has 1 amide bonds. The van der Waals surface area contributed by atoms with E-state index in [1.165, 1.54) is 11.1 Å². The lowest BCUT2D eigenvalue weighted by Crippen LogP contribution is -2.40. The largest absolute Gasteiger partial charge is 0.444 e. The van der Waals surface area contributed by atoms with Crippen molar-refractivity contribution in [3.63, 3.8) is 0 Å². The minimum absolute atomic E-state index is 0.213. The maximum Gasteiger partial charge on any atom is 0.412 e. The van der Waals surface area contributed by atoms with Gasteiger partial charge in [0.05, 0.1) is 17.6 Å². The molecule has 0 unspecified atom stereocenters. The Kier molecular flexibility index (Phi) is 6.71. The van der Waals surface area contributed by atoms with Crippen molar-refractivity contribution in [3.8, 4) is 11.1 Å². The third kappa shape index (κ3) is 5.26. The van der Waals surface area contributed by atoms with Gasteiger partial charge in [0.2, 0.25) is 0 Å². The van der Waals surface area contributed by atoms with Gasteiger partial charge in [0, 0.05) is 30.9 Å². The Morgan fingerprint density at radius 1 is 1.09 bits per heavy atom. The number of pyridine rings is 1. The Balaban J connectivity index is 1.64. The zero-order valence-corrected chi connectivity index (χ0v) is 18.7. The molecule has 1 aromatic heterocycles. The molecule has 2 heterocycles. The molecule has 0 atom stereocenters. The van der Waals surface area contributed by atoms with E-state index in [9.17, 15) is 4.79 Å². The fourth-order valence-electron chi connectivity index (χ4n) is 4.22. The van der Waals surface area contributed by atoms with Crippen molar-refractivity contribution < 1.29 is 9.53 Å². The first-order valence-corrected chi connectivity index (χ1v) is 11.0. The maximum atomic E-state index is 12.6. The molecule has 2 aromatic carbocycles. The molecule has 0 radical (unpaired) electrons. The van der Waals surface area contributed by atoms with Gasteiger partial charge in [-0.2, -0.15) is 0 Å². The molecule has 4 rings (SSSR count). The number of rotatable bonds is 5. The summed E-state index contributed by atoms with van der Waals surface area (Å²) in [6.45, 7) is 6.05. The first-order valence-electron chi connectivity index (χ1n) is 11.0. The van der Waals surface area contributed by atoms with Crippen LogP contribution in [0.4, 0.5) is 16.2 Å². The predicted octanol–water partition coefficient (Wildman–Crippen LogP) is 5.04. The number of benzene rings is 2. The van der Waals surface area contributed by atoms with Crippen molar-refractivity contribution in [1.82, 2.24) is 4.98 Å². The van der Waals surface area contributed by atoms with E-state index in [-0.39, 0.29) is 12.6 Å². The number of amides is 1. The molecule has 0 aliphatic carbocycles. The molecule has 6 nitrogen and oxygen atoms in total. The zero-order chi connectivity index (χ0) is 22.5. The summed E-state index contributed by atoms with van der Waals surface area (Å²) in [4.78, 5) is 19.4. The van der Waals surface area contributed by atoms with Crippen molar-refractivity contribution in [2.24, 2.45) is 5.73 Å². The van der Waals surface area contributed by atoms with E-state index in [4.69, 9.17) is 10.5 Å². The molecule has 3 aromatic rings. The van der Waals surface area contributed by atoms with Crippen molar-refractivity contribution in [3.05, 3.63) is 77.6 Å². The minimum Gasteiger partial charge on any atom is -0.444 e. The summed E-state index contributed by atoms with van der Waals surface area (Å²) in [6.07, 6.45) is 4.89. The van der Waals surface area contributed by atoms with Gasteiger partial charge in [-0.15, -0.1) is 0 Å². The molecule has 166 valence electrons. The lowest BCUT2D eigenvalue weighted by atomic mass is 9.98. The Morgan fingerprint density at radius 2 is 1.78 bits per heavy atom. The van der Waals surface area contributed by atoms with Gasteiger partial charge in [0.1, 0.15) is 6.61 Å². The summed E-state index contributed by atoms with van der Waals surface area (Å²) in [5, 5.41) is 2.93. The highest BCUT2D eigenvalue weighted by Gasteiger charge is 2.23. The number of hydrogen-bond acceptors (Lipinski definition) is 5. The minimum atomic E-state index is -0.497. The van der Waals surface area contributed by atoms with Crippen LogP contribution in [0.15, 0.2) is 60.9 Å². The van der Waals surface area contributed by atoms with Gasteiger partial charge >= 0.3 is 6.09 Å². The summed E-state index contributed by atoms with van der Waals surface area (Å²) in [7, 11) is 0. The maximum absolute atomic E-state index is 12.6. The normalized spacial score (nSPS) is 14.3. The summed E-state index contributed by atoms with van der Waals surface area (Å²) in [5.74, 6) is 0. The highest BCUT2D eigenvalue weighted by molar-refractivity contribution is 5.95. The number of aryl methyl sites for hydroxylation is 2. The quantitative estimate of drug-likeness (QED) is 0.593. The van der Waals surface area contributed by atoms with Crippen LogP contribution in [0.5, 0.6) is 0 Å².